The Kier molecular flexibility index (Phi) is 138. The Labute approximate surface area is 441 Å². The van der Waals surface area contributed by atoms with Gasteiger partial charge in [0, 0.05) is 0 Å². The molecule has 0 saturated carbocycles. The van der Waals surface area contributed by atoms with Gasteiger partial charge < -0.3 is 0 Å². The van der Waals surface area contributed by atoms with E-state index in [4.69, 9.17) is 0 Å². The van der Waals surface area contributed by atoms with Gasteiger partial charge in [0.25, 0.3) is 0 Å². The first-order valence-electron chi connectivity index (χ1n) is 30.5. The fraction of sp³-hybridized carbons (Fsp3) is 1.00. The summed E-state index contributed by atoms with van der Waals surface area (Å²) in [5.41, 5.74) is 1.04. The second-order valence-corrected chi connectivity index (χ2v) is 24.8. The third-order valence-electron chi connectivity index (χ3n) is 9.32. The lowest BCUT2D eigenvalue weighted by atomic mass is 9.94. The SMILES string of the molecule is CC(C)(C)C.CC(C)C.CC(C)C(C)C.CCC.CCC(C)(C)C.CCC(C)C.CCC(C)C.CCC(C)CC.CCCC.CCCC(C)C.CCCC(C)C.CCCCC.CCCCCC. The average Bonchev–Trinajstić information content (AvgIpc) is 3.21. The molecule has 0 rings (SSSR count). The van der Waals surface area contributed by atoms with E-state index in [0.717, 1.165) is 47.3 Å². The third-order valence-corrected chi connectivity index (χ3v) is 9.32. The molecule has 0 heteroatoms. The van der Waals surface area contributed by atoms with E-state index in [1.54, 1.807) is 0 Å². The Balaban J connectivity index is -0.0000000430. The molecule has 0 fully saturated rings. The fourth-order valence-corrected chi connectivity index (χ4v) is 2.30. The van der Waals surface area contributed by atoms with Crippen molar-refractivity contribution >= 4 is 0 Å². The monoisotopic (exact) mass is 965 g/mol. The smallest absolute Gasteiger partial charge is 0.0385 e. The highest BCUT2D eigenvalue weighted by atomic mass is 14.1. The van der Waals surface area contributed by atoms with Gasteiger partial charge in [-0.1, -0.05) is 385 Å². The molecule has 0 nitrogen and oxygen atoms in total. The van der Waals surface area contributed by atoms with Gasteiger partial charge in [-0.25, -0.2) is 0 Å². The summed E-state index contributed by atoms with van der Waals surface area (Å²) in [7, 11) is 0. The van der Waals surface area contributed by atoms with Gasteiger partial charge in [0.1, 0.15) is 0 Å². The highest BCUT2D eigenvalue weighted by molar-refractivity contribution is 4.55. The Morgan fingerprint density at radius 1 is 0.284 bits per heavy atom. The maximum absolute atomic E-state index is 2.28. The van der Waals surface area contributed by atoms with Crippen molar-refractivity contribution in [2.45, 2.75) is 385 Å². The quantitative estimate of drug-likeness (QED) is 0.144. The van der Waals surface area contributed by atoms with Crippen LogP contribution in [0.15, 0.2) is 0 Å². The van der Waals surface area contributed by atoms with Crippen LogP contribution >= 0.6 is 0 Å². The first kappa shape index (κ1) is 100. The van der Waals surface area contributed by atoms with Gasteiger partial charge >= 0.3 is 0 Å². The van der Waals surface area contributed by atoms with Crippen LogP contribution in [0.4, 0.5) is 0 Å². The lowest BCUT2D eigenvalue weighted by molar-refractivity contribution is 0.398. The van der Waals surface area contributed by atoms with Gasteiger partial charge in [0.05, 0.1) is 0 Å². The van der Waals surface area contributed by atoms with Gasteiger partial charge in [0.2, 0.25) is 0 Å². The van der Waals surface area contributed by atoms with E-state index < -0.39 is 0 Å². The molecule has 0 aliphatic heterocycles. The molecule has 0 unspecified atom stereocenters. The molecular weight excluding hydrogens is 805 g/mol. The molecule has 0 heterocycles. The Hall–Kier alpha value is 0. The number of hydrogen-bond donors (Lipinski definition) is 0. The second kappa shape index (κ2) is 92.2. The summed E-state index contributed by atoms with van der Waals surface area (Å²) in [6.45, 7) is 84.1. The molecule has 0 aliphatic rings. The van der Waals surface area contributed by atoms with Crippen molar-refractivity contribution in [1.29, 1.82) is 0 Å². The van der Waals surface area contributed by atoms with E-state index in [2.05, 4.69) is 263 Å². The summed E-state index contributed by atoms with van der Waals surface area (Å²) in [6, 6.07) is 0. The van der Waals surface area contributed by atoms with Crippen LogP contribution in [0.1, 0.15) is 385 Å². The standard InChI is InChI=1S/6C6H14.4C5H12.2C4H10.C3H8/c1-5-6(2,3)4;1-5(2)6(3)4;2*1-4-5-6(2)3;1-4-6(3)5-2;1-3-5-6-4-2;1-5(2,3)4;2*1-4-5(2)3;1-3-5-4-2;1-4(2)3;1-3-4-2;1-3-2/h5H2,1-4H3;5-6H,1-4H3;3*6H,4-5H2,1-3H3;3-6H2,1-2H3;1-4H3;2*5H,4H2,1-3H3;3-5H2,1-2H3;4H,1-3H3;3-4H2,1-2H3;3H2,1-2H3. The zero-order chi connectivity index (χ0) is 57.1. The lowest BCUT2D eigenvalue weighted by Gasteiger charge is -2.12. The molecule has 0 saturated heterocycles. The van der Waals surface area contributed by atoms with Gasteiger partial charge in [-0.3, -0.25) is 0 Å². The number of hydrogen-bond acceptors (Lipinski definition) is 0. The molecule has 0 radical (unpaired) electrons. The normalized spacial score (nSPS) is 9.76. The zero-order valence-electron chi connectivity index (χ0n) is 57.1. The maximum Gasteiger partial charge on any atom is -0.0385 e. The van der Waals surface area contributed by atoms with Crippen LogP contribution in [-0.2, 0) is 0 Å². The van der Waals surface area contributed by atoms with E-state index in [-0.39, 0.29) is 0 Å². The predicted molar refractivity (Wildman–Crippen MR) is 336 cm³/mol. The van der Waals surface area contributed by atoms with Crippen LogP contribution in [-0.4, -0.2) is 0 Å². The summed E-state index contributed by atoms with van der Waals surface area (Å²) in [4.78, 5) is 0. The van der Waals surface area contributed by atoms with E-state index in [0.29, 0.717) is 10.8 Å². The number of rotatable bonds is 15. The number of unbranched alkanes of at least 4 members (excludes halogenated alkanes) is 6. The second-order valence-electron chi connectivity index (χ2n) is 24.8. The third kappa shape index (κ3) is 371. The van der Waals surface area contributed by atoms with E-state index in [9.17, 15) is 0 Å². The highest BCUT2D eigenvalue weighted by Crippen LogP contribution is 2.16. The summed E-state index contributed by atoms with van der Waals surface area (Å²) < 4.78 is 0. The summed E-state index contributed by atoms with van der Waals surface area (Å²) in [5.74, 6) is 7.04. The van der Waals surface area contributed by atoms with E-state index in [1.807, 2.05) is 0 Å². The van der Waals surface area contributed by atoms with E-state index >= 15 is 0 Å². The van der Waals surface area contributed by atoms with Crippen LogP contribution in [0.25, 0.3) is 0 Å². The van der Waals surface area contributed by atoms with Crippen molar-refractivity contribution in [3.63, 3.8) is 0 Å². The molecule has 0 aromatic heterocycles. The molecule has 0 bridgehead atoms. The van der Waals surface area contributed by atoms with Crippen LogP contribution < -0.4 is 0 Å². The van der Waals surface area contributed by atoms with Crippen molar-refractivity contribution < 1.29 is 0 Å². The molecule has 67 heavy (non-hydrogen) atoms. The first-order chi connectivity index (χ1) is 30.5. The maximum atomic E-state index is 2.28. The van der Waals surface area contributed by atoms with Crippen LogP contribution in [0.3, 0.4) is 0 Å². The Morgan fingerprint density at radius 3 is 0.478 bits per heavy atom. The van der Waals surface area contributed by atoms with Crippen molar-refractivity contribution in [1.82, 2.24) is 0 Å². The lowest BCUT2D eigenvalue weighted by Crippen LogP contribution is -2.00. The largest absolute Gasteiger partial charge is 0.0656 e. The van der Waals surface area contributed by atoms with Gasteiger partial charge in [-0.2, -0.15) is 0 Å². The van der Waals surface area contributed by atoms with Crippen molar-refractivity contribution in [2.75, 3.05) is 0 Å². The first-order valence-corrected chi connectivity index (χ1v) is 30.5. The van der Waals surface area contributed by atoms with Crippen molar-refractivity contribution in [3.8, 4) is 0 Å². The van der Waals surface area contributed by atoms with Crippen LogP contribution in [0, 0.1) is 58.2 Å². The molecule has 0 aromatic rings. The Bertz CT molecular complexity index is 558. The molecule has 0 aromatic carbocycles. The molecule has 0 spiro atoms. The van der Waals surface area contributed by atoms with E-state index in [1.165, 1.54) is 122 Å². The van der Waals surface area contributed by atoms with Crippen molar-refractivity contribution in [2.24, 2.45) is 58.2 Å². The highest BCUT2D eigenvalue weighted by Gasteiger charge is 2.03. The molecule has 0 amide bonds. The van der Waals surface area contributed by atoms with Crippen LogP contribution in [0.2, 0.25) is 0 Å². The molecule has 0 atom stereocenters. The Morgan fingerprint density at radius 2 is 0.463 bits per heavy atom. The predicted octanol–water partition coefficient (Wildman–Crippen LogP) is 27.9. The van der Waals surface area contributed by atoms with Gasteiger partial charge in [0.15, 0.2) is 0 Å². The zero-order valence-corrected chi connectivity index (χ0v) is 57.1. The minimum absolute atomic E-state index is 0.500. The molecule has 0 aliphatic carbocycles. The van der Waals surface area contributed by atoms with Gasteiger partial charge in [-0.05, 0) is 58.2 Å². The topological polar surface area (TPSA) is 0 Å². The summed E-state index contributed by atoms with van der Waals surface area (Å²) in [5, 5.41) is 0. The summed E-state index contributed by atoms with van der Waals surface area (Å²) >= 11 is 0. The minimum Gasteiger partial charge on any atom is -0.0656 e. The van der Waals surface area contributed by atoms with Crippen molar-refractivity contribution in [3.05, 3.63) is 0 Å². The fourth-order valence-electron chi connectivity index (χ4n) is 2.30. The minimum atomic E-state index is 0.500. The van der Waals surface area contributed by atoms with Crippen LogP contribution in [0.5, 0.6) is 0 Å². The molecule has 0 N–H and O–H groups in total. The average molecular weight is 966 g/mol. The molecular formula is C67H160. The summed E-state index contributed by atoms with van der Waals surface area (Å²) in [6.07, 6.45) is 25.5. The molecule has 428 valence electrons. The van der Waals surface area contributed by atoms with Gasteiger partial charge in [-0.15, -0.1) is 0 Å².